The third-order valence-corrected chi connectivity index (χ3v) is 5.12. The van der Waals surface area contributed by atoms with Gasteiger partial charge in [0, 0.05) is 17.7 Å². The molecule has 0 saturated carbocycles. The molecule has 23 heavy (non-hydrogen) atoms. The Balaban J connectivity index is 1.55. The molecular weight excluding hydrogens is 336 g/mol. The maximum atomic E-state index is 12.2. The summed E-state index contributed by atoms with van der Waals surface area (Å²) in [5.41, 5.74) is 0.842. The molecule has 1 fully saturated rings. The van der Waals surface area contributed by atoms with Crippen LogP contribution in [0.3, 0.4) is 0 Å². The van der Waals surface area contributed by atoms with E-state index in [1.165, 1.54) is 15.9 Å². The summed E-state index contributed by atoms with van der Waals surface area (Å²) in [7, 11) is -3.42. The third-order valence-electron chi connectivity index (χ3n) is 3.39. The monoisotopic (exact) mass is 350 g/mol. The first kappa shape index (κ1) is 16.0. The second-order valence-corrected chi connectivity index (χ2v) is 7.38. The van der Waals surface area contributed by atoms with E-state index in [4.69, 9.17) is 16.3 Å². The molecule has 0 unspecified atom stereocenters. The normalized spacial score (nSPS) is 16.4. The van der Waals surface area contributed by atoms with E-state index in [1.54, 1.807) is 18.2 Å². The number of hydrogen-bond acceptors (Lipinski definition) is 4. The maximum Gasteiger partial charge on any atom is 0.236 e. The number of hydrogen-bond donors (Lipinski definition) is 0. The van der Waals surface area contributed by atoms with Crippen LogP contribution in [0.1, 0.15) is 5.56 Å². The first-order valence-corrected chi connectivity index (χ1v) is 8.92. The average molecular weight is 351 g/mol. The fraction of sp³-hybridized carbons (Fsp3) is 0.188. The fourth-order valence-electron chi connectivity index (χ4n) is 2.10. The summed E-state index contributed by atoms with van der Waals surface area (Å²) in [5.74, 6) is 0.441. The summed E-state index contributed by atoms with van der Waals surface area (Å²) < 4.78 is 31.3. The minimum absolute atomic E-state index is 0.191. The lowest BCUT2D eigenvalue weighted by molar-refractivity contribution is 0.0730. The van der Waals surface area contributed by atoms with Gasteiger partial charge in [-0.3, -0.25) is 0 Å². The Kier molecular flexibility index (Phi) is 4.66. The molecule has 7 heteroatoms. The summed E-state index contributed by atoms with van der Waals surface area (Å²) in [6.45, 7) is 0.623. The Morgan fingerprint density at radius 3 is 2.57 bits per heavy atom. The van der Waals surface area contributed by atoms with Gasteiger partial charge in [0.2, 0.25) is 15.9 Å². The molecule has 0 spiro atoms. The van der Waals surface area contributed by atoms with Gasteiger partial charge in [0.1, 0.15) is 6.10 Å². The zero-order valence-corrected chi connectivity index (χ0v) is 13.7. The van der Waals surface area contributed by atoms with Gasteiger partial charge in [0.15, 0.2) is 0 Å². The molecular formula is C16H15ClN2O3S. The smallest absolute Gasteiger partial charge is 0.236 e. The highest BCUT2D eigenvalue weighted by Gasteiger charge is 2.36. The summed E-state index contributed by atoms with van der Waals surface area (Å²) >= 11 is 5.75. The summed E-state index contributed by atoms with van der Waals surface area (Å²) in [5, 5.41) is 1.75. The number of aromatic nitrogens is 1. The lowest BCUT2D eigenvalue weighted by atomic mass is 10.2. The highest BCUT2D eigenvalue weighted by molar-refractivity contribution is 7.92. The van der Waals surface area contributed by atoms with Crippen molar-refractivity contribution in [1.82, 2.24) is 9.29 Å². The largest absolute Gasteiger partial charge is 0.472 e. The third kappa shape index (κ3) is 4.10. The predicted octanol–water partition coefficient (Wildman–Crippen LogP) is 2.80. The van der Waals surface area contributed by atoms with E-state index in [1.807, 2.05) is 30.3 Å². The van der Waals surface area contributed by atoms with Crippen LogP contribution in [0.2, 0.25) is 5.02 Å². The van der Waals surface area contributed by atoms with Crippen molar-refractivity contribution in [2.45, 2.75) is 6.10 Å². The fourth-order valence-corrected chi connectivity index (χ4v) is 3.46. The molecule has 0 N–H and O–H groups in total. The molecule has 3 rings (SSSR count). The van der Waals surface area contributed by atoms with Crippen LogP contribution in [-0.4, -0.2) is 36.9 Å². The summed E-state index contributed by atoms with van der Waals surface area (Å²) in [4.78, 5) is 4.03. The molecule has 120 valence electrons. The molecule has 1 aliphatic rings. The zero-order chi connectivity index (χ0) is 16.3. The van der Waals surface area contributed by atoms with Crippen LogP contribution < -0.4 is 4.74 Å². The van der Waals surface area contributed by atoms with E-state index < -0.39 is 10.0 Å². The lowest BCUT2D eigenvalue weighted by Gasteiger charge is -2.36. The second kappa shape index (κ2) is 6.70. The topological polar surface area (TPSA) is 59.5 Å². The van der Waals surface area contributed by atoms with E-state index in [0.29, 0.717) is 24.0 Å². The first-order valence-electron chi connectivity index (χ1n) is 7.04. The molecule has 0 radical (unpaired) electrons. The summed E-state index contributed by atoms with van der Waals surface area (Å²) in [6, 6.07) is 12.6. The standard InChI is InChI=1S/C16H15ClN2O3S/c17-14-6-7-16(18-10-14)22-15-11-19(12-15)23(20,21)9-8-13-4-2-1-3-5-13/h1-10,15H,11-12H2/b9-8+. The van der Waals surface area contributed by atoms with Gasteiger partial charge in [-0.05, 0) is 17.7 Å². The molecule has 5 nitrogen and oxygen atoms in total. The molecule has 0 atom stereocenters. The van der Waals surface area contributed by atoms with Crippen molar-refractivity contribution >= 4 is 27.7 Å². The number of pyridine rings is 1. The van der Waals surface area contributed by atoms with Crippen LogP contribution in [0.5, 0.6) is 5.88 Å². The number of rotatable bonds is 5. The van der Waals surface area contributed by atoms with Gasteiger partial charge >= 0.3 is 0 Å². The molecule has 1 aromatic heterocycles. The lowest BCUT2D eigenvalue weighted by Crippen LogP contribution is -2.55. The van der Waals surface area contributed by atoms with Crippen molar-refractivity contribution in [2.75, 3.05) is 13.1 Å². The Morgan fingerprint density at radius 1 is 1.17 bits per heavy atom. The van der Waals surface area contributed by atoms with Crippen LogP contribution in [-0.2, 0) is 10.0 Å². The maximum absolute atomic E-state index is 12.2. The van der Waals surface area contributed by atoms with Gasteiger partial charge in [-0.15, -0.1) is 0 Å². The van der Waals surface area contributed by atoms with Gasteiger partial charge in [-0.2, -0.15) is 4.31 Å². The number of sulfonamides is 1. The molecule has 0 bridgehead atoms. The van der Waals surface area contributed by atoms with E-state index in [0.717, 1.165) is 5.56 Å². The van der Waals surface area contributed by atoms with E-state index in [9.17, 15) is 8.42 Å². The molecule has 1 saturated heterocycles. The van der Waals surface area contributed by atoms with Gasteiger partial charge in [-0.1, -0.05) is 41.9 Å². The van der Waals surface area contributed by atoms with E-state index in [-0.39, 0.29) is 6.10 Å². The van der Waals surface area contributed by atoms with Crippen molar-refractivity contribution in [3.8, 4) is 5.88 Å². The Morgan fingerprint density at radius 2 is 1.91 bits per heavy atom. The Labute approximate surface area is 140 Å². The van der Waals surface area contributed by atoms with E-state index >= 15 is 0 Å². The van der Waals surface area contributed by atoms with Crippen molar-refractivity contribution in [3.63, 3.8) is 0 Å². The summed E-state index contributed by atoms with van der Waals surface area (Å²) in [6.07, 6.45) is 2.89. The minimum atomic E-state index is -3.42. The number of nitrogens with zero attached hydrogens (tertiary/aromatic N) is 2. The second-order valence-electron chi connectivity index (χ2n) is 5.13. The van der Waals surface area contributed by atoms with Gasteiger partial charge in [0.05, 0.1) is 18.1 Å². The van der Waals surface area contributed by atoms with Crippen molar-refractivity contribution in [3.05, 3.63) is 64.7 Å². The molecule has 2 aromatic rings. The van der Waals surface area contributed by atoms with Gasteiger partial charge < -0.3 is 4.74 Å². The quantitative estimate of drug-likeness (QED) is 0.832. The Hall–Kier alpha value is -1.89. The van der Waals surface area contributed by atoms with Crippen LogP contribution in [0.15, 0.2) is 54.1 Å². The predicted molar refractivity (Wildman–Crippen MR) is 89.6 cm³/mol. The minimum Gasteiger partial charge on any atom is -0.472 e. The molecule has 0 aliphatic carbocycles. The van der Waals surface area contributed by atoms with Crippen LogP contribution in [0, 0.1) is 0 Å². The van der Waals surface area contributed by atoms with E-state index in [2.05, 4.69) is 4.98 Å². The van der Waals surface area contributed by atoms with Crippen LogP contribution in [0.25, 0.3) is 6.08 Å². The van der Waals surface area contributed by atoms with Crippen molar-refractivity contribution in [1.29, 1.82) is 0 Å². The average Bonchev–Trinajstić information content (AvgIpc) is 2.51. The van der Waals surface area contributed by atoms with Gasteiger partial charge in [0.25, 0.3) is 0 Å². The highest BCUT2D eigenvalue weighted by atomic mass is 35.5. The van der Waals surface area contributed by atoms with Gasteiger partial charge in [-0.25, -0.2) is 13.4 Å². The first-order chi connectivity index (χ1) is 11.0. The number of halogens is 1. The van der Waals surface area contributed by atoms with Crippen molar-refractivity contribution < 1.29 is 13.2 Å². The molecule has 0 amide bonds. The SMILES string of the molecule is O=S(=O)(/C=C/c1ccccc1)N1CC(Oc2ccc(Cl)cn2)C1. The Bertz CT molecular complexity index is 786. The number of ether oxygens (including phenoxy) is 1. The number of benzene rings is 1. The highest BCUT2D eigenvalue weighted by Crippen LogP contribution is 2.21. The van der Waals surface area contributed by atoms with Crippen LogP contribution >= 0.6 is 11.6 Å². The zero-order valence-electron chi connectivity index (χ0n) is 12.2. The van der Waals surface area contributed by atoms with Crippen molar-refractivity contribution in [2.24, 2.45) is 0 Å². The molecule has 2 heterocycles. The molecule has 1 aliphatic heterocycles. The van der Waals surface area contributed by atoms with Crippen LogP contribution in [0.4, 0.5) is 0 Å². The molecule has 1 aromatic carbocycles.